The lowest BCUT2D eigenvalue weighted by molar-refractivity contribution is -0.120. The molecular formula is C19H26BrFIN5O. The number of aryl methyl sites for hydroxylation is 1. The summed E-state index contributed by atoms with van der Waals surface area (Å²) in [5.74, 6) is 0.349. The van der Waals surface area contributed by atoms with E-state index in [-0.39, 0.29) is 42.1 Å². The largest absolute Gasteiger partial charge is 0.354 e. The summed E-state index contributed by atoms with van der Waals surface area (Å²) in [5.41, 5.74) is 1.94. The number of carbonyl (C=O) groups is 1. The fraction of sp³-hybridized carbons (Fsp3) is 0.368. The number of nitrogens with one attached hydrogen (secondary N) is 2. The predicted octanol–water partition coefficient (Wildman–Crippen LogP) is 2.91. The molecule has 0 fully saturated rings. The molecule has 2 aromatic rings. The van der Waals surface area contributed by atoms with Crippen molar-refractivity contribution in [2.75, 3.05) is 27.2 Å². The Morgan fingerprint density at radius 3 is 2.46 bits per heavy atom. The fourth-order valence-corrected chi connectivity index (χ4v) is 3.22. The molecule has 6 nitrogen and oxygen atoms in total. The molecule has 0 spiro atoms. The van der Waals surface area contributed by atoms with E-state index in [0.29, 0.717) is 19.6 Å². The van der Waals surface area contributed by atoms with Crippen LogP contribution < -0.4 is 10.6 Å². The Kier molecular flexibility index (Phi) is 10.5. The number of aromatic nitrogens is 1. The van der Waals surface area contributed by atoms with Crippen molar-refractivity contribution >= 4 is 51.8 Å². The Hall–Kier alpha value is -1.62. The highest BCUT2D eigenvalue weighted by Crippen LogP contribution is 2.14. The zero-order valence-electron chi connectivity index (χ0n) is 16.2. The van der Waals surface area contributed by atoms with Gasteiger partial charge in [-0.1, -0.05) is 12.1 Å². The lowest BCUT2D eigenvalue weighted by atomic mass is 10.1. The van der Waals surface area contributed by atoms with Crippen LogP contribution in [0.25, 0.3) is 0 Å². The van der Waals surface area contributed by atoms with E-state index in [4.69, 9.17) is 0 Å². The third-order valence-corrected chi connectivity index (χ3v) is 4.49. The molecule has 0 aliphatic carbocycles. The molecule has 9 heteroatoms. The van der Waals surface area contributed by atoms with Gasteiger partial charge in [-0.15, -0.1) is 24.0 Å². The smallest absolute Gasteiger partial charge is 0.224 e. The molecule has 0 atom stereocenters. The standard InChI is InChI=1S/C19H25BrFN5O.HI/c1-22-19(26(3)13-17-11-15(20)12-25(17)2)24-9-8-23-18(27)10-14-4-6-16(21)7-5-14;/h4-7,11-12H,8-10,13H2,1-3H3,(H,22,24)(H,23,27);1H. The SMILES string of the molecule is CN=C(NCCNC(=O)Cc1ccc(F)cc1)N(C)Cc1cc(Br)cn1C.I. The Morgan fingerprint density at radius 2 is 1.89 bits per heavy atom. The third kappa shape index (κ3) is 7.78. The Bertz CT molecular complexity index is 794. The summed E-state index contributed by atoms with van der Waals surface area (Å²) < 4.78 is 16.0. The Balaban J connectivity index is 0.00000392. The number of aliphatic imine (C=N–C) groups is 1. The maximum absolute atomic E-state index is 12.9. The van der Waals surface area contributed by atoms with Crippen molar-refractivity contribution in [3.8, 4) is 0 Å². The first-order chi connectivity index (χ1) is 12.9. The lowest BCUT2D eigenvalue weighted by Gasteiger charge is -2.22. The summed E-state index contributed by atoms with van der Waals surface area (Å²) in [6, 6.07) is 8.02. The molecule has 0 aliphatic rings. The van der Waals surface area contributed by atoms with Gasteiger partial charge in [-0.05, 0) is 39.7 Å². The topological polar surface area (TPSA) is 61.7 Å². The maximum Gasteiger partial charge on any atom is 0.224 e. The highest BCUT2D eigenvalue weighted by atomic mass is 127. The summed E-state index contributed by atoms with van der Waals surface area (Å²) in [7, 11) is 5.69. The van der Waals surface area contributed by atoms with Crippen LogP contribution in [-0.4, -0.2) is 48.5 Å². The van der Waals surface area contributed by atoms with Crippen LogP contribution in [0, 0.1) is 5.82 Å². The van der Waals surface area contributed by atoms with Gasteiger partial charge in [0.1, 0.15) is 5.82 Å². The predicted molar refractivity (Wildman–Crippen MR) is 124 cm³/mol. The minimum absolute atomic E-state index is 0. The normalized spacial score (nSPS) is 11.0. The number of benzene rings is 1. The molecule has 0 bridgehead atoms. The molecule has 1 aromatic heterocycles. The summed E-state index contributed by atoms with van der Waals surface area (Å²) in [4.78, 5) is 18.2. The molecule has 0 radical (unpaired) electrons. The lowest BCUT2D eigenvalue weighted by Crippen LogP contribution is -2.42. The van der Waals surface area contributed by atoms with Crippen LogP contribution in [0.5, 0.6) is 0 Å². The number of guanidine groups is 1. The minimum Gasteiger partial charge on any atom is -0.354 e. The van der Waals surface area contributed by atoms with Crippen molar-refractivity contribution in [3.05, 3.63) is 58.1 Å². The van der Waals surface area contributed by atoms with Crippen molar-refractivity contribution in [3.63, 3.8) is 0 Å². The number of carbonyl (C=O) groups excluding carboxylic acids is 1. The van der Waals surface area contributed by atoms with E-state index in [1.807, 2.05) is 25.2 Å². The van der Waals surface area contributed by atoms with E-state index in [2.05, 4.69) is 42.2 Å². The number of rotatable bonds is 7. The molecule has 2 N–H and O–H groups in total. The van der Waals surface area contributed by atoms with E-state index >= 15 is 0 Å². The van der Waals surface area contributed by atoms with Gasteiger partial charge in [0.15, 0.2) is 5.96 Å². The second-order valence-corrected chi connectivity index (χ2v) is 7.16. The molecule has 0 aliphatic heterocycles. The van der Waals surface area contributed by atoms with Gasteiger partial charge in [-0.2, -0.15) is 0 Å². The average Bonchev–Trinajstić information content (AvgIpc) is 2.94. The molecule has 0 unspecified atom stereocenters. The molecule has 154 valence electrons. The molecule has 0 saturated carbocycles. The van der Waals surface area contributed by atoms with Crippen LogP contribution in [0.4, 0.5) is 4.39 Å². The fourth-order valence-electron chi connectivity index (χ4n) is 2.65. The first-order valence-corrected chi connectivity index (χ1v) is 9.42. The summed E-state index contributed by atoms with van der Waals surface area (Å²) in [6.07, 6.45) is 2.24. The van der Waals surface area contributed by atoms with Crippen LogP contribution >= 0.6 is 39.9 Å². The second-order valence-electron chi connectivity index (χ2n) is 6.24. The van der Waals surface area contributed by atoms with E-state index in [0.717, 1.165) is 21.7 Å². The van der Waals surface area contributed by atoms with E-state index in [9.17, 15) is 9.18 Å². The van der Waals surface area contributed by atoms with E-state index in [1.54, 1.807) is 19.2 Å². The number of hydrogen-bond donors (Lipinski definition) is 2. The van der Waals surface area contributed by atoms with Crippen molar-refractivity contribution in [2.24, 2.45) is 12.0 Å². The number of halogens is 3. The van der Waals surface area contributed by atoms with Crippen LogP contribution in [0.3, 0.4) is 0 Å². The van der Waals surface area contributed by atoms with Crippen LogP contribution in [0.2, 0.25) is 0 Å². The van der Waals surface area contributed by atoms with Gasteiger partial charge in [0.05, 0.1) is 13.0 Å². The van der Waals surface area contributed by atoms with Crippen LogP contribution in [-0.2, 0) is 24.8 Å². The molecule has 1 amide bonds. The van der Waals surface area contributed by atoms with Crippen molar-refractivity contribution in [1.82, 2.24) is 20.1 Å². The van der Waals surface area contributed by atoms with Gasteiger partial charge in [0, 0.05) is 50.6 Å². The number of hydrogen-bond acceptors (Lipinski definition) is 2. The summed E-state index contributed by atoms with van der Waals surface area (Å²) in [6.45, 7) is 1.74. The minimum atomic E-state index is -0.304. The Morgan fingerprint density at radius 1 is 1.25 bits per heavy atom. The number of amides is 1. The van der Waals surface area contributed by atoms with E-state index < -0.39 is 0 Å². The number of nitrogens with zero attached hydrogens (tertiary/aromatic N) is 3. The molecule has 1 aromatic carbocycles. The van der Waals surface area contributed by atoms with Crippen LogP contribution in [0.15, 0.2) is 46.0 Å². The summed E-state index contributed by atoms with van der Waals surface area (Å²) in [5, 5.41) is 6.08. The summed E-state index contributed by atoms with van der Waals surface area (Å²) >= 11 is 3.47. The third-order valence-electron chi connectivity index (χ3n) is 4.06. The Labute approximate surface area is 190 Å². The van der Waals surface area contributed by atoms with Gasteiger partial charge in [-0.25, -0.2) is 4.39 Å². The molecular weight excluding hydrogens is 540 g/mol. The molecule has 1 heterocycles. The first kappa shape index (κ1) is 24.4. The monoisotopic (exact) mass is 565 g/mol. The quantitative estimate of drug-likeness (QED) is 0.235. The van der Waals surface area contributed by atoms with Gasteiger partial charge in [-0.3, -0.25) is 9.79 Å². The molecule has 2 rings (SSSR count). The van der Waals surface area contributed by atoms with Gasteiger partial charge >= 0.3 is 0 Å². The van der Waals surface area contributed by atoms with Crippen molar-refractivity contribution in [1.29, 1.82) is 0 Å². The van der Waals surface area contributed by atoms with E-state index in [1.165, 1.54) is 12.1 Å². The first-order valence-electron chi connectivity index (χ1n) is 8.62. The second kappa shape index (κ2) is 12.1. The molecule has 28 heavy (non-hydrogen) atoms. The van der Waals surface area contributed by atoms with Crippen molar-refractivity contribution < 1.29 is 9.18 Å². The zero-order valence-corrected chi connectivity index (χ0v) is 20.1. The highest BCUT2D eigenvalue weighted by Gasteiger charge is 2.10. The van der Waals surface area contributed by atoms with Crippen molar-refractivity contribution in [2.45, 2.75) is 13.0 Å². The maximum atomic E-state index is 12.9. The van der Waals surface area contributed by atoms with Gasteiger partial charge in [0.25, 0.3) is 0 Å². The molecule has 0 saturated heterocycles. The highest BCUT2D eigenvalue weighted by molar-refractivity contribution is 14.0. The van der Waals surface area contributed by atoms with Crippen LogP contribution in [0.1, 0.15) is 11.3 Å². The van der Waals surface area contributed by atoms with Gasteiger partial charge < -0.3 is 20.1 Å². The average molecular weight is 566 g/mol. The zero-order chi connectivity index (χ0) is 19.8. The van der Waals surface area contributed by atoms with Gasteiger partial charge in [0.2, 0.25) is 5.91 Å².